The summed E-state index contributed by atoms with van der Waals surface area (Å²) in [4.78, 5) is 11.0. The molecule has 2 bridgehead atoms. The van der Waals surface area contributed by atoms with Crippen molar-refractivity contribution in [2.24, 2.45) is 11.8 Å². The number of esters is 1. The van der Waals surface area contributed by atoms with Crippen LogP contribution < -0.4 is 0 Å². The molecule has 0 N–H and O–H groups in total. The first-order valence-corrected chi connectivity index (χ1v) is 3.98. The molecule has 1 saturated heterocycles. The van der Waals surface area contributed by atoms with Crippen molar-refractivity contribution >= 4 is 5.97 Å². The Balaban J connectivity index is 2.17. The number of ether oxygens (including phenoxy) is 1. The molecule has 1 aliphatic carbocycles. The second-order valence-electron chi connectivity index (χ2n) is 3.46. The lowest BCUT2D eigenvalue weighted by Gasteiger charge is -2.20. The Kier molecular flexibility index (Phi) is 1.22. The highest BCUT2D eigenvalue weighted by atomic mass is 16.6. The van der Waals surface area contributed by atoms with E-state index in [4.69, 9.17) is 4.74 Å². The van der Waals surface area contributed by atoms with E-state index in [0.29, 0.717) is 5.92 Å². The Bertz CT molecular complexity index is 165. The fraction of sp³-hybridized carbons (Fsp3) is 0.875. The van der Waals surface area contributed by atoms with E-state index in [0.717, 1.165) is 12.8 Å². The summed E-state index contributed by atoms with van der Waals surface area (Å²) < 4.78 is 5.12. The standard InChI is InChI=1S/C8H12O2/c1-5-2-3-6-4-7(5)8(9)10-6/h5-7H,2-4H2,1H3/t5?,6-,7+/m0/s1. The number of fused-ring (bicyclic) bond motifs is 2. The number of carbonyl (C=O) groups excluding carboxylic acids is 1. The lowest BCUT2D eigenvalue weighted by Crippen LogP contribution is -2.19. The van der Waals surface area contributed by atoms with Crippen LogP contribution in [0.15, 0.2) is 0 Å². The number of hydrogen-bond acceptors (Lipinski definition) is 2. The van der Waals surface area contributed by atoms with Crippen molar-refractivity contribution in [2.45, 2.75) is 32.3 Å². The fourth-order valence-electron chi connectivity index (χ4n) is 1.97. The SMILES string of the molecule is CC1CC[C@H]2C[C@H]1C(=O)O2. The van der Waals surface area contributed by atoms with Gasteiger partial charge in [-0.2, -0.15) is 0 Å². The van der Waals surface area contributed by atoms with Crippen LogP contribution in [0.5, 0.6) is 0 Å². The van der Waals surface area contributed by atoms with Gasteiger partial charge in [0.1, 0.15) is 6.10 Å². The molecule has 2 nitrogen and oxygen atoms in total. The molecule has 2 rings (SSSR count). The Labute approximate surface area is 60.6 Å². The van der Waals surface area contributed by atoms with Crippen molar-refractivity contribution < 1.29 is 9.53 Å². The molecular weight excluding hydrogens is 128 g/mol. The first-order valence-electron chi connectivity index (χ1n) is 3.98. The largest absolute Gasteiger partial charge is 0.462 e. The third-order valence-electron chi connectivity index (χ3n) is 2.73. The number of hydrogen-bond donors (Lipinski definition) is 0. The maximum atomic E-state index is 11.0. The van der Waals surface area contributed by atoms with Crippen LogP contribution in [0, 0.1) is 11.8 Å². The van der Waals surface area contributed by atoms with Crippen LogP contribution in [0.4, 0.5) is 0 Å². The molecule has 0 aromatic heterocycles. The van der Waals surface area contributed by atoms with Gasteiger partial charge in [0, 0.05) is 0 Å². The molecule has 1 saturated carbocycles. The Morgan fingerprint density at radius 3 is 3.00 bits per heavy atom. The topological polar surface area (TPSA) is 26.3 Å². The van der Waals surface area contributed by atoms with Crippen LogP contribution in [-0.2, 0) is 9.53 Å². The van der Waals surface area contributed by atoms with Gasteiger partial charge >= 0.3 is 5.97 Å². The molecule has 2 fully saturated rings. The van der Waals surface area contributed by atoms with E-state index in [-0.39, 0.29) is 18.0 Å². The Morgan fingerprint density at radius 2 is 2.30 bits per heavy atom. The first kappa shape index (κ1) is 6.20. The summed E-state index contributed by atoms with van der Waals surface area (Å²) in [5.41, 5.74) is 0. The number of rotatable bonds is 0. The van der Waals surface area contributed by atoms with Crippen molar-refractivity contribution in [3.63, 3.8) is 0 Å². The normalized spacial score (nSPS) is 45.3. The molecule has 2 aliphatic rings. The van der Waals surface area contributed by atoms with Gasteiger partial charge in [-0.3, -0.25) is 4.79 Å². The zero-order valence-electron chi connectivity index (χ0n) is 6.17. The minimum atomic E-state index is 0.0509. The fourth-order valence-corrected chi connectivity index (χ4v) is 1.97. The third kappa shape index (κ3) is 0.746. The number of carbonyl (C=O) groups is 1. The third-order valence-corrected chi connectivity index (χ3v) is 2.73. The predicted octanol–water partition coefficient (Wildman–Crippen LogP) is 1.35. The predicted molar refractivity (Wildman–Crippen MR) is 36.4 cm³/mol. The van der Waals surface area contributed by atoms with Crippen molar-refractivity contribution in [1.82, 2.24) is 0 Å². The first-order chi connectivity index (χ1) is 4.77. The van der Waals surface area contributed by atoms with E-state index < -0.39 is 0 Å². The van der Waals surface area contributed by atoms with E-state index >= 15 is 0 Å². The van der Waals surface area contributed by atoms with Crippen molar-refractivity contribution in [2.75, 3.05) is 0 Å². The summed E-state index contributed by atoms with van der Waals surface area (Å²) in [5, 5.41) is 0. The molecule has 3 atom stereocenters. The van der Waals surface area contributed by atoms with E-state index in [2.05, 4.69) is 6.92 Å². The van der Waals surface area contributed by atoms with Gasteiger partial charge in [-0.05, 0) is 25.2 Å². The van der Waals surface area contributed by atoms with Gasteiger partial charge in [0.15, 0.2) is 0 Å². The van der Waals surface area contributed by atoms with Crippen LogP contribution in [0.1, 0.15) is 26.2 Å². The van der Waals surface area contributed by atoms with Gasteiger partial charge in [0.25, 0.3) is 0 Å². The van der Waals surface area contributed by atoms with Gasteiger partial charge in [-0.15, -0.1) is 0 Å². The summed E-state index contributed by atoms with van der Waals surface area (Å²) in [6, 6.07) is 0. The molecule has 1 unspecified atom stereocenters. The van der Waals surface area contributed by atoms with Gasteiger partial charge in [0.05, 0.1) is 5.92 Å². The summed E-state index contributed by atoms with van der Waals surface area (Å²) in [7, 11) is 0. The summed E-state index contributed by atoms with van der Waals surface area (Å²) in [6.07, 6.45) is 3.51. The molecule has 10 heavy (non-hydrogen) atoms. The molecule has 56 valence electrons. The van der Waals surface area contributed by atoms with E-state index in [1.807, 2.05) is 0 Å². The minimum Gasteiger partial charge on any atom is -0.462 e. The van der Waals surface area contributed by atoms with Crippen LogP contribution in [0.3, 0.4) is 0 Å². The lowest BCUT2D eigenvalue weighted by atomic mass is 9.81. The zero-order chi connectivity index (χ0) is 7.14. The average Bonchev–Trinajstić information content (AvgIpc) is 2.21. The molecule has 0 radical (unpaired) electrons. The highest BCUT2D eigenvalue weighted by Crippen LogP contribution is 2.37. The van der Waals surface area contributed by atoms with Gasteiger partial charge in [-0.25, -0.2) is 0 Å². The zero-order valence-corrected chi connectivity index (χ0v) is 6.17. The molecule has 0 aromatic carbocycles. The maximum Gasteiger partial charge on any atom is 0.309 e. The molecule has 0 amide bonds. The lowest BCUT2D eigenvalue weighted by molar-refractivity contribution is -0.143. The van der Waals surface area contributed by atoms with Crippen LogP contribution >= 0.6 is 0 Å². The van der Waals surface area contributed by atoms with Gasteiger partial charge in [0.2, 0.25) is 0 Å². The molecule has 2 heteroatoms. The van der Waals surface area contributed by atoms with Crippen molar-refractivity contribution in [3.8, 4) is 0 Å². The van der Waals surface area contributed by atoms with Crippen molar-refractivity contribution in [3.05, 3.63) is 0 Å². The van der Waals surface area contributed by atoms with E-state index in [1.54, 1.807) is 0 Å². The van der Waals surface area contributed by atoms with Crippen LogP contribution in [0.2, 0.25) is 0 Å². The Hall–Kier alpha value is -0.530. The molecular formula is C8H12O2. The van der Waals surface area contributed by atoms with E-state index in [1.165, 1.54) is 6.42 Å². The minimum absolute atomic E-state index is 0.0509. The molecule has 0 aromatic rings. The molecule has 1 heterocycles. The molecule has 0 spiro atoms. The second-order valence-corrected chi connectivity index (χ2v) is 3.46. The smallest absolute Gasteiger partial charge is 0.309 e. The maximum absolute atomic E-state index is 11.0. The van der Waals surface area contributed by atoms with Crippen molar-refractivity contribution in [1.29, 1.82) is 0 Å². The second kappa shape index (κ2) is 1.97. The summed E-state index contributed by atoms with van der Waals surface area (Å²) >= 11 is 0. The quantitative estimate of drug-likeness (QED) is 0.475. The van der Waals surface area contributed by atoms with E-state index in [9.17, 15) is 4.79 Å². The Morgan fingerprint density at radius 1 is 1.50 bits per heavy atom. The molecule has 1 aliphatic heterocycles. The highest BCUT2D eigenvalue weighted by molar-refractivity contribution is 5.75. The summed E-state index contributed by atoms with van der Waals surface area (Å²) in [6.45, 7) is 2.15. The van der Waals surface area contributed by atoms with Gasteiger partial charge < -0.3 is 4.74 Å². The highest BCUT2D eigenvalue weighted by Gasteiger charge is 2.41. The average molecular weight is 140 g/mol. The van der Waals surface area contributed by atoms with Gasteiger partial charge in [-0.1, -0.05) is 6.92 Å². The summed E-state index contributed by atoms with van der Waals surface area (Å²) in [5.74, 6) is 0.847. The monoisotopic (exact) mass is 140 g/mol. The van der Waals surface area contributed by atoms with Crippen LogP contribution in [-0.4, -0.2) is 12.1 Å². The van der Waals surface area contributed by atoms with Crippen LogP contribution in [0.25, 0.3) is 0 Å².